The molecule has 9 nitrogen and oxygen atoms in total. The molecule has 29 heavy (non-hydrogen) atoms. The van der Waals surface area contributed by atoms with Crippen LogP contribution < -0.4 is 16.6 Å². The molecule has 0 aliphatic carbocycles. The molecular weight excluding hydrogens is 394 g/mol. The molecule has 0 aliphatic heterocycles. The van der Waals surface area contributed by atoms with Crippen LogP contribution in [0.4, 0.5) is 11.4 Å². The normalized spacial score (nSPS) is 10.4. The summed E-state index contributed by atoms with van der Waals surface area (Å²) in [5.74, 6) is -0.989. The third-order valence-corrected chi connectivity index (χ3v) is 4.70. The number of anilines is 2. The van der Waals surface area contributed by atoms with Crippen LogP contribution in [0, 0.1) is 0 Å². The molecule has 0 spiro atoms. The number of hydrogen-bond donors (Lipinski definition) is 3. The molecule has 0 atom stereocenters. The Bertz CT molecular complexity index is 1120. The molecular formula is C19H17N5O4S. The number of amides is 1. The van der Waals surface area contributed by atoms with Crippen molar-refractivity contribution in [1.29, 1.82) is 0 Å². The van der Waals surface area contributed by atoms with Crippen molar-refractivity contribution >= 4 is 35.0 Å². The monoisotopic (exact) mass is 411 g/mol. The van der Waals surface area contributed by atoms with E-state index in [1.165, 1.54) is 7.11 Å². The van der Waals surface area contributed by atoms with Crippen molar-refractivity contribution < 1.29 is 14.3 Å². The minimum Gasteiger partial charge on any atom is -0.465 e. The quantitative estimate of drug-likeness (QED) is 0.317. The van der Waals surface area contributed by atoms with Gasteiger partial charge in [0.25, 0.3) is 5.56 Å². The Morgan fingerprint density at radius 2 is 1.86 bits per heavy atom. The van der Waals surface area contributed by atoms with Crippen LogP contribution in [0.2, 0.25) is 0 Å². The van der Waals surface area contributed by atoms with Crippen molar-refractivity contribution in [3.05, 3.63) is 64.4 Å². The Balaban J connectivity index is 1.67. The van der Waals surface area contributed by atoms with E-state index in [9.17, 15) is 14.4 Å². The molecule has 0 bridgehead atoms. The maximum atomic E-state index is 12.3. The van der Waals surface area contributed by atoms with E-state index in [1.807, 2.05) is 0 Å². The van der Waals surface area contributed by atoms with E-state index in [0.717, 1.165) is 11.8 Å². The first kappa shape index (κ1) is 20.1. The first-order valence-electron chi connectivity index (χ1n) is 8.41. The zero-order chi connectivity index (χ0) is 20.8. The average molecular weight is 411 g/mol. The van der Waals surface area contributed by atoms with E-state index in [-0.39, 0.29) is 28.1 Å². The number of ether oxygens (including phenoxy) is 1. The van der Waals surface area contributed by atoms with E-state index in [0.29, 0.717) is 16.9 Å². The van der Waals surface area contributed by atoms with Crippen molar-refractivity contribution in [2.75, 3.05) is 23.9 Å². The number of aromatic amines is 1. The third kappa shape index (κ3) is 4.79. The second-order valence-electron chi connectivity index (χ2n) is 5.77. The van der Waals surface area contributed by atoms with Crippen molar-refractivity contribution in [2.45, 2.75) is 5.16 Å². The predicted molar refractivity (Wildman–Crippen MR) is 110 cm³/mol. The number of carbonyl (C=O) groups is 2. The van der Waals surface area contributed by atoms with Gasteiger partial charge in [-0.2, -0.15) is 0 Å². The molecule has 0 saturated carbocycles. The number of thioether (sulfide) groups is 1. The fourth-order valence-electron chi connectivity index (χ4n) is 2.48. The van der Waals surface area contributed by atoms with Gasteiger partial charge >= 0.3 is 5.97 Å². The maximum absolute atomic E-state index is 12.3. The number of methoxy groups -OCH3 is 1. The zero-order valence-electron chi connectivity index (χ0n) is 15.3. The molecule has 0 unspecified atom stereocenters. The molecule has 1 aromatic heterocycles. The summed E-state index contributed by atoms with van der Waals surface area (Å²) in [6.45, 7) is 0. The lowest BCUT2D eigenvalue weighted by atomic mass is 10.1. The summed E-state index contributed by atoms with van der Waals surface area (Å²) in [6.07, 6.45) is 0. The number of esters is 1. The van der Waals surface area contributed by atoms with Crippen LogP contribution >= 0.6 is 11.8 Å². The molecule has 3 aromatic rings. The Kier molecular flexibility index (Phi) is 6.25. The highest BCUT2D eigenvalue weighted by Gasteiger charge is 2.15. The van der Waals surface area contributed by atoms with Crippen LogP contribution in [-0.4, -0.2) is 39.9 Å². The number of para-hydroxylation sites is 2. The number of H-pyrrole nitrogens is 1. The molecule has 10 heteroatoms. The van der Waals surface area contributed by atoms with Crippen molar-refractivity contribution in [2.24, 2.45) is 0 Å². The van der Waals surface area contributed by atoms with Crippen molar-refractivity contribution in [3.63, 3.8) is 0 Å². The van der Waals surface area contributed by atoms with Gasteiger partial charge in [0, 0.05) is 11.3 Å². The Morgan fingerprint density at radius 3 is 2.59 bits per heavy atom. The van der Waals surface area contributed by atoms with Crippen LogP contribution in [0.5, 0.6) is 0 Å². The molecule has 1 heterocycles. The van der Waals surface area contributed by atoms with E-state index in [4.69, 9.17) is 10.5 Å². The van der Waals surface area contributed by atoms with Crippen LogP contribution in [-0.2, 0) is 9.53 Å². The van der Waals surface area contributed by atoms with Crippen LogP contribution in [0.1, 0.15) is 10.4 Å². The number of aromatic nitrogens is 3. The van der Waals surface area contributed by atoms with E-state index >= 15 is 0 Å². The highest BCUT2D eigenvalue weighted by molar-refractivity contribution is 7.99. The van der Waals surface area contributed by atoms with E-state index in [2.05, 4.69) is 20.5 Å². The summed E-state index contributed by atoms with van der Waals surface area (Å²) in [5, 5.41) is 10.7. The fraction of sp³-hybridized carbons (Fsp3) is 0.105. The van der Waals surface area contributed by atoms with Gasteiger partial charge in [0.05, 0.1) is 24.1 Å². The number of hydrogen-bond acceptors (Lipinski definition) is 8. The third-order valence-electron chi connectivity index (χ3n) is 3.84. The highest BCUT2D eigenvalue weighted by Crippen LogP contribution is 2.21. The van der Waals surface area contributed by atoms with Crippen LogP contribution in [0.25, 0.3) is 11.3 Å². The second-order valence-corrected chi connectivity index (χ2v) is 6.73. The predicted octanol–water partition coefficient (Wildman–Crippen LogP) is 1.93. The van der Waals surface area contributed by atoms with Gasteiger partial charge in [0.2, 0.25) is 5.91 Å². The summed E-state index contributed by atoms with van der Waals surface area (Å²) < 4.78 is 4.69. The summed E-state index contributed by atoms with van der Waals surface area (Å²) in [7, 11) is 1.26. The number of nitrogens with two attached hydrogens (primary N) is 1. The topological polar surface area (TPSA) is 140 Å². The molecule has 148 valence electrons. The first-order valence-corrected chi connectivity index (χ1v) is 9.40. The number of nitrogens with zero attached hydrogens (tertiary/aromatic N) is 2. The smallest absolute Gasteiger partial charge is 0.339 e. The molecule has 3 rings (SSSR count). The summed E-state index contributed by atoms with van der Waals surface area (Å²) in [5.41, 5.74) is 6.97. The van der Waals surface area contributed by atoms with Crippen LogP contribution in [0.3, 0.4) is 0 Å². The standard InChI is InChI=1S/C19H17N5O4S/c1-28-18(27)12-7-3-5-9-14(12)21-15(25)10-29-19-22-17(26)16(23-24-19)11-6-2-4-8-13(11)20/h2-9H,10,20H2,1H3,(H,21,25)(H,22,24,26). The average Bonchev–Trinajstić information content (AvgIpc) is 2.73. The number of nitrogens with one attached hydrogen (secondary N) is 2. The van der Waals surface area contributed by atoms with Gasteiger partial charge in [-0.1, -0.05) is 42.1 Å². The van der Waals surface area contributed by atoms with Gasteiger partial charge in [-0.15, -0.1) is 10.2 Å². The van der Waals surface area contributed by atoms with Crippen molar-refractivity contribution in [3.8, 4) is 11.3 Å². The SMILES string of the molecule is COC(=O)c1ccccc1NC(=O)CSc1nnc(-c2ccccc2N)c(=O)[nH]1. The molecule has 1 amide bonds. The summed E-state index contributed by atoms with van der Waals surface area (Å²) in [6, 6.07) is 13.3. The fourth-order valence-corrected chi connectivity index (χ4v) is 3.08. The summed E-state index contributed by atoms with van der Waals surface area (Å²) >= 11 is 1.00. The largest absolute Gasteiger partial charge is 0.465 e. The van der Waals surface area contributed by atoms with Gasteiger partial charge in [-0.05, 0) is 18.2 Å². The molecule has 0 radical (unpaired) electrons. The lowest BCUT2D eigenvalue weighted by Crippen LogP contribution is -2.18. The van der Waals surface area contributed by atoms with Gasteiger partial charge in [-0.3, -0.25) is 14.6 Å². The number of benzene rings is 2. The lowest BCUT2D eigenvalue weighted by molar-refractivity contribution is -0.113. The maximum Gasteiger partial charge on any atom is 0.339 e. The first-order chi connectivity index (χ1) is 14.0. The van der Waals surface area contributed by atoms with Crippen molar-refractivity contribution in [1.82, 2.24) is 15.2 Å². The molecule has 0 aliphatic rings. The van der Waals surface area contributed by atoms with E-state index < -0.39 is 11.5 Å². The van der Waals surface area contributed by atoms with E-state index in [1.54, 1.807) is 48.5 Å². The zero-order valence-corrected chi connectivity index (χ0v) is 16.2. The molecule has 2 aromatic carbocycles. The number of rotatable bonds is 6. The number of nitrogen functional groups attached to an aromatic ring is 1. The minimum atomic E-state index is -0.556. The van der Waals surface area contributed by atoms with Gasteiger partial charge in [0.15, 0.2) is 10.9 Å². The number of carbonyl (C=O) groups excluding carboxylic acids is 2. The summed E-state index contributed by atoms with van der Waals surface area (Å²) in [4.78, 5) is 38.9. The molecule has 4 N–H and O–H groups in total. The Labute approximate surface area is 169 Å². The second kappa shape index (κ2) is 9.02. The highest BCUT2D eigenvalue weighted by atomic mass is 32.2. The Morgan fingerprint density at radius 1 is 1.14 bits per heavy atom. The minimum absolute atomic E-state index is 0.0487. The van der Waals surface area contributed by atoms with Gasteiger partial charge < -0.3 is 15.8 Å². The Hall–Kier alpha value is -3.66. The lowest BCUT2D eigenvalue weighted by Gasteiger charge is -2.09. The van der Waals surface area contributed by atoms with Gasteiger partial charge in [0.1, 0.15) is 0 Å². The molecule has 0 saturated heterocycles. The molecule has 0 fully saturated rings. The van der Waals surface area contributed by atoms with Gasteiger partial charge in [-0.25, -0.2) is 4.79 Å². The van der Waals surface area contributed by atoms with Crippen LogP contribution in [0.15, 0.2) is 58.5 Å².